The van der Waals surface area contributed by atoms with E-state index in [1.54, 1.807) is 12.1 Å². The molecular weight excluding hydrogens is 385 g/mol. The number of fused-ring (bicyclic) bond motifs is 1. The first-order valence-corrected chi connectivity index (χ1v) is 10.4. The maximum atomic E-state index is 12.5. The van der Waals surface area contributed by atoms with E-state index < -0.39 is 6.36 Å². The van der Waals surface area contributed by atoms with E-state index in [2.05, 4.69) is 22.2 Å². The highest BCUT2D eigenvalue weighted by molar-refractivity contribution is 7.99. The molecule has 2 heterocycles. The van der Waals surface area contributed by atoms with Gasteiger partial charge in [-0.3, -0.25) is 4.99 Å². The number of hydrogen-bond acceptors (Lipinski definition) is 3. The number of halogens is 3. The Morgan fingerprint density at radius 2 is 1.86 bits per heavy atom. The largest absolute Gasteiger partial charge is 0.573 e. The number of amidine groups is 1. The molecule has 2 aliphatic rings. The zero-order valence-electron chi connectivity index (χ0n) is 15.3. The van der Waals surface area contributed by atoms with Crippen molar-refractivity contribution in [3.8, 4) is 5.75 Å². The second-order valence-corrected chi connectivity index (χ2v) is 8.44. The molecule has 0 aromatic heterocycles. The molecule has 0 unspecified atom stereocenters. The fourth-order valence-electron chi connectivity index (χ4n) is 3.90. The van der Waals surface area contributed by atoms with Crippen LogP contribution in [0.2, 0.25) is 0 Å². The van der Waals surface area contributed by atoms with Crippen LogP contribution >= 0.6 is 11.8 Å². The number of hydrogen-bond donors (Lipinski definition) is 1. The van der Waals surface area contributed by atoms with Gasteiger partial charge in [0, 0.05) is 11.1 Å². The normalized spacial score (nSPS) is 19.9. The first-order valence-electron chi connectivity index (χ1n) is 9.26. The quantitative estimate of drug-likeness (QED) is 0.714. The molecule has 2 aromatic rings. The fourth-order valence-corrected chi connectivity index (χ4v) is 5.17. The van der Waals surface area contributed by atoms with Crippen LogP contribution in [0.25, 0.3) is 0 Å². The van der Waals surface area contributed by atoms with Crippen molar-refractivity contribution in [2.75, 3.05) is 16.8 Å². The van der Waals surface area contributed by atoms with Crippen LogP contribution in [-0.2, 0) is 13.0 Å². The topological polar surface area (TPSA) is 33.6 Å². The fraction of sp³-hybridized carbons (Fsp3) is 0.381. The SMILES string of the molecule is FC(F)(F)Oc1cccc(CN=C2Nc3ccccc3CC23CCSCC3)c1. The zero-order chi connectivity index (χ0) is 19.6. The summed E-state index contributed by atoms with van der Waals surface area (Å²) in [6, 6.07) is 14.3. The lowest BCUT2D eigenvalue weighted by molar-refractivity contribution is -0.274. The predicted octanol–water partition coefficient (Wildman–Crippen LogP) is 5.67. The van der Waals surface area contributed by atoms with Gasteiger partial charge in [0.25, 0.3) is 0 Å². The number of aliphatic imine (C=N–C) groups is 1. The third-order valence-electron chi connectivity index (χ3n) is 5.30. The maximum absolute atomic E-state index is 12.5. The molecule has 7 heteroatoms. The van der Waals surface area contributed by atoms with Crippen molar-refractivity contribution in [3.63, 3.8) is 0 Å². The molecule has 0 radical (unpaired) electrons. The number of benzene rings is 2. The second-order valence-electron chi connectivity index (χ2n) is 7.21. The average Bonchev–Trinajstić information content (AvgIpc) is 2.66. The number of rotatable bonds is 3. The van der Waals surface area contributed by atoms with Crippen LogP contribution in [0.3, 0.4) is 0 Å². The Morgan fingerprint density at radius 1 is 1.07 bits per heavy atom. The molecule has 1 saturated heterocycles. The van der Waals surface area contributed by atoms with Crippen molar-refractivity contribution in [1.29, 1.82) is 0 Å². The Morgan fingerprint density at radius 3 is 2.64 bits per heavy atom. The van der Waals surface area contributed by atoms with Gasteiger partial charge in [-0.05, 0) is 60.1 Å². The van der Waals surface area contributed by atoms with Crippen molar-refractivity contribution in [2.45, 2.75) is 32.2 Å². The Balaban J connectivity index is 1.59. The molecule has 1 fully saturated rings. The van der Waals surface area contributed by atoms with Gasteiger partial charge >= 0.3 is 6.36 Å². The molecule has 4 rings (SSSR count). The van der Waals surface area contributed by atoms with Crippen molar-refractivity contribution in [1.82, 2.24) is 0 Å². The van der Waals surface area contributed by atoms with E-state index in [0.29, 0.717) is 12.1 Å². The molecule has 2 aromatic carbocycles. The number of alkyl halides is 3. The van der Waals surface area contributed by atoms with Crippen LogP contribution in [0.4, 0.5) is 18.9 Å². The number of nitrogens with zero attached hydrogens (tertiary/aromatic N) is 1. The van der Waals surface area contributed by atoms with Crippen molar-refractivity contribution in [2.24, 2.45) is 10.4 Å². The van der Waals surface area contributed by atoms with E-state index in [1.807, 2.05) is 23.9 Å². The van der Waals surface area contributed by atoms with Crippen LogP contribution in [0, 0.1) is 5.41 Å². The third-order valence-corrected chi connectivity index (χ3v) is 6.29. The molecule has 0 bridgehead atoms. The maximum Gasteiger partial charge on any atom is 0.573 e. The molecule has 0 atom stereocenters. The van der Waals surface area contributed by atoms with E-state index in [-0.39, 0.29) is 11.2 Å². The summed E-state index contributed by atoms with van der Waals surface area (Å²) in [7, 11) is 0. The Kier molecular flexibility index (Phi) is 5.27. The Labute approximate surface area is 166 Å². The number of thioether (sulfide) groups is 1. The highest BCUT2D eigenvalue weighted by Gasteiger charge is 2.41. The lowest BCUT2D eigenvalue weighted by Crippen LogP contribution is -2.44. The summed E-state index contributed by atoms with van der Waals surface area (Å²) in [5, 5.41) is 3.51. The van der Waals surface area contributed by atoms with Crippen LogP contribution in [0.1, 0.15) is 24.0 Å². The number of ether oxygens (including phenoxy) is 1. The van der Waals surface area contributed by atoms with Gasteiger partial charge in [-0.1, -0.05) is 30.3 Å². The summed E-state index contributed by atoms with van der Waals surface area (Å²) in [6.07, 6.45) is -1.64. The minimum atomic E-state index is -4.69. The summed E-state index contributed by atoms with van der Waals surface area (Å²) in [4.78, 5) is 4.83. The molecular formula is C21H21F3N2OS. The molecule has 0 saturated carbocycles. The van der Waals surface area contributed by atoms with Crippen molar-refractivity contribution >= 4 is 23.3 Å². The third kappa shape index (κ3) is 4.29. The van der Waals surface area contributed by atoms with Gasteiger partial charge in [0.05, 0.1) is 6.54 Å². The molecule has 3 nitrogen and oxygen atoms in total. The summed E-state index contributed by atoms with van der Waals surface area (Å²) in [5.41, 5.74) is 3.04. The highest BCUT2D eigenvalue weighted by atomic mass is 32.2. The van der Waals surface area contributed by atoms with Crippen molar-refractivity contribution in [3.05, 3.63) is 59.7 Å². The molecule has 148 valence electrons. The smallest absolute Gasteiger partial charge is 0.406 e. The average molecular weight is 406 g/mol. The summed E-state index contributed by atoms with van der Waals surface area (Å²) in [6.45, 7) is 0.314. The highest BCUT2D eigenvalue weighted by Crippen LogP contribution is 2.44. The summed E-state index contributed by atoms with van der Waals surface area (Å²) in [5.74, 6) is 2.93. The van der Waals surface area contributed by atoms with Crippen LogP contribution in [0.5, 0.6) is 5.75 Å². The lowest BCUT2D eigenvalue weighted by atomic mass is 9.73. The standard InChI is InChI=1S/C21H21F3N2OS/c22-21(23,24)27-17-6-3-4-15(12-17)14-25-19-20(8-10-28-11-9-20)13-16-5-1-2-7-18(16)26-19/h1-7,12H,8-11,13-14H2,(H,25,26). The van der Waals surface area contributed by atoms with Crippen LogP contribution in [-0.4, -0.2) is 23.7 Å². The van der Waals surface area contributed by atoms with E-state index in [4.69, 9.17) is 4.99 Å². The first kappa shape index (κ1) is 19.2. The number of para-hydroxylation sites is 1. The molecule has 1 N–H and O–H groups in total. The Hall–Kier alpha value is -2.15. The van der Waals surface area contributed by atoms with E-state index in [0.717, 1.165) is 42.3 Å². The second kappa shape index (κ2) is 7.70. The number of anilines is 1. The summed E-state index contributed by atoms with van der Waals surface area (Å²) >= 11 is 1.96. The van der Waals surface area contributed by atoms with Crippen molar-refractivity contribution < 1.29 is 17.9 Å². The summed E-state index contributed by atoms with van der Waals surface area (Å²) < 4.78 is 41.4. The van der Waals surface area contributed by atoms with Gasteiger partial charge < -0.3 is 10.1 Å². The predicted molar refractivity (Wildman–Crippen MR) is 107 cm³/mol. The lowest BCUT2D eigenvalue weighted by Gasteiger charge is -2.42. The van der Waals surface area contributed by atoms with Gasteiger partial charge in [0.1, 0.15) is 11.6 Å². The van der Waals surface area contributed by atoms with Crippen LogP contribution < -0.4 is 10.1 Å². The monoisotopic (exact) mass is 406 g/mol. The van der Waals surface area contributed by atoms with E-state index in [1.165, 1.54) is 17.7 Å². The molecule has 1 spiro atoms. The van der Waals surface area contributed by atoms with E-state index >= 15 is 0 Å². The number of nitrogens with one attached hydrogen (secondary N) is 1. The molecule has 2 aliphatic heterocycles. The van der Waals surface area contributed by atoms with E-state index in [9.17, 15) is 13.2 Å². The zero-order valence-corrected chi connectivity index (χ0v) is 16.1. The Bertz CT molecular complexity index is 876. The van der Waals surface area contributed by atoms with Crippen LogP contribution in [0.15, 0.2) is 53.5 Å². The minimum Gasteiger partial charge on any atom is -0.406 e. The van der Waals surface area contributed by atoms with Gasteiger partial charge in [0.2, 0.25) is 0 Å². The first-order chi connectivity index (χ1) is 13.4. The molecule has 28 heavy (non-hydrogen) atoms. The van der Waals surface area contributed by atoms with Gasteiger partial charge in [-0.25, -0.2) is 0 Å². The minimum absolute atomic E-state index is 0.0142. The van der Waals surface area contributed by atoms with Gasteiger partial charge in [0.15, 0.2) is 0 Å². The molecule has 0 amide bonds. The van der Waals surface area contributed by atoms with Gasteiger partial charge in [-0.2, -0.15) is 11.8 Å². The molecule has 0 aliphatic carbocycles. The van der Waals surface area contributed by atoms with Gasteiger partial charge in [-0.15, -0.1) is 13.2 Å².